The van der Waals surface area contributed by atoms with Crippen LogP contribution in [0.2, 0.25) is 0 Å². The first kappa shape index (κ1) is 26.8. The van der Waals surface area contributed by atoms with Gasteiger partial charge in [-0.2, -0.15) is 0 Å². The standard InChI is InChI=1S/C32H38FN3/c1-10-26(21(3)4)19-27(24(7)33)20-36-30-17-16-22(5)18-29(30)31(28-15-13-12-14-23(28)6)32(36)25(8)34-35(9)11-2/h10-13,15-19,21,34H,2,6-8,14,20H2,1,3-5,9H3/b26-10?,27-19-. The fraction of sp³-hybridized carbons (Fsp3) is 0.250. The van der Waals surface area contributed by atoms with Gasteiger partial charge in [-0.15, -0.1) is 0 Å². The van der Waals surface area contributed by atoms with Crippen LogP contribution in [0.15, 0.2) is 104 Å². The lowest BCUT2D eigenvalue weighted by Crippen LogP contribution is -2.28. The van der Waals surface area contributed by atoms with Crippen molar-refractivity contribution in [1.29, 1.82) is 0 Å². The lowest BCUT2D eigenvalue weighted by Gasteiger charge is -2.23. The molecule has 0 saturated carbocycles. The zero-order chi connectivity index (χ0) is 26.6. The summed E-state index contributed by atoms with van der Waals surface area (Å²) >= 11 is 0. The smallest absolute Gasteiger partial charge is 0.121 e. The van der Waals surface area contributed by atoms with Crippen molar-refractivity contribution >= 4 is 22.2 Å². The number of rotatable bonds is 10. The van der Waals surface area contributed by atoms with Crippen molar-refractivity contribution in [3.05, 3.63) is 120 Å². The molecule has 1 aromatic heterocycles. The van der Waals surface area contributed by atoms with E-state index in [1.807, 2.05) is 26.1 Å². The first-order chi connectivity index (χ1) is 17.1. The van der Waals surface area contributed by atoms with Crippen molar-refractivity contribution in [1.82, 2.24) is 15.0 Å². The van der Waals surface area contributed by atoms with Gasteiger partial charge >= 0.3 is 0 Å². The molecule has 0 fully saturated rings. The van der Waals surface area contributed by atoms with E-state index < -0.39 is 5.83 Å². The highest BCUT2D eigenvalue weighted by molar-refractivity contribution is 6.03. The number of aromatic nitrogens is 1. The summed E-state index contributed by atoms with van der Waals surface area (Å²) < 4.78 is 17.0. The van der Waals surface area contributed by atoms with Crippen LogP contribution in [0.4, 0.5) is 4.39 Å². The van der Waals surface area contributed by atoms with Gasteiger partial charge in [-0.3, -0.25) is 10.4 Å². The lowest BCUT2D eigenvalue weighted by molar-refractivity contribution is 0.398. The molecule has 1 aromatic carbocycles. The molecule has 0 amide bonds. The van der Waals surface area contributed by atoms with Gasteiger partial charge in [0, 0.05) is 35.3 Å². The van der Waals surface area contributed by atoms with Gasteiger partial charge in [0.05, 0.1) is 17.9 Å². The summed E-state index contributed by atoms with van der Waals surface area (Å²) in [5.74, 6) is -0.175. The van der Waals surface area contributed by atoms with Crippen molar-refractivity contribution < 1.29 is 4.39 Å². The molecule has 2 aromatic rings. The van der Waals surface area contributed by atoms with Crippen LogP contribution in [-0.4, -0.2) is 16.6 Å². The van der Waals surface area contributed by atoms with Crippen LogP contribution in [0.1, 0.15) is 44.0 Å². The fourth-order valence-electron chi connectivity index (χ4n) is 4.56. The average Bonchev–Trinajstić information content (AvgIpc) is 3.14. The maximum absolute atomic E-state index is 14.9. The number of hydrogen-bond donors (Lipinski definition) is 1. The Balaban J connectivity index is 2.37. The van der Waals surface area contributed by atoms with Crippen LogP contribution in [-0.2, 0) is 6.54 Å². The molecule has 0 radical (unpaired) electrons. The van der Waals surface area contributed by atoms with Crippen LogP contribution in [0.25, 0.3) is 22.2 Å². The largest absolute Gasteiger partial charge is 0.334 e. The number of aryl methyl sites for hydroxylation is 1. The van der Waals surface area contributed by atoms with E-state index in [9.17, 15) is 4.39 Å². The molecule has 1 aliphatic carbocycles. The second kappa shape index (κ2) is 11.3. The Hall–Kier alpha value is -3.79. The van der Waals surface area contributed by atoms with E-state index in [2.05, 4.69) is 93.5 Å². The van der Waals surface area contributed by atoms with Crippen molar-refractivity contribution in [2.75, 3.05) is 7.05 Å². The first-order valence-electron chi connectivity index (χ1n) is 12.3. The second-order valence-corrected chi connectivity index (χ2v) is 9.55. The van der Waals surface area contributed by atoms with E-state index in [0.717, 1.165) is 50.9 Å². The van der Waals surface area contributed by atoms with E-state index in [4.69, 9.17) is 0 Å². The Kier molecular flexibility index (Phi) is 8.41. The summed E-state index contributed by atoms with van der Waals surface area (Å²) in [7, 11) is 1.87. The molecule has 4 heteroatoms. The van der Waals surface area contributed by atoms with Crippen LogP contribution in [0, 0.1) is 12.8 Å². The summed E-state index contributed by atoms with van der Waals surface area (Å²) in [6.45, 7) is 24.8. The predicted molar refractivity (Wildman–Crippen MR) is 155 cm³/mol. The third-order valence-corrected chi connectivity index (χ3v) is 6.52. The maximum Gasteiger partial charge on any atom is 0.121 e. The van der Waals surface area contributed by atoms with Gasteiger partial charge in [0.15, 0.2) is 0 Å². The Morgan fingerprint density at radius 3 is 2.58 bits per heavy atom. The van der Waals surface area contributed by atoms with Crippen LogP contribution in [0.3, 0.4) is 0 Å². The zero-order valence-electron chi connectivity index (χ0n) is 22.3. The van der Waals surface area contributed by atoms with E-state index in [0.29, 0.717) is 17.8 Å². The molecule has 3 rings (SSSR count). The minimum absolute atomic E-state index is 0.267. The molecule has 0 bridgehead atoms. The number of allylic oxidation sites excluding steroid dienone is 10. The van der Waals surface area contributed by atoms with Crippen LogP contribution < -0.4 is 5.43 Å². The number of fused-ring (bicyclic) bond motifs is 1. The first-order valence-corrected chi connectivity index (χ1v) is 12.3. The highest BCUT2D eigenvalue weighted by atomic mass is 19.1. The number of nitrogens with zero attached hydrogens (tertiary/aromatic N) is 2. The Morgan fingerprint density at radius 2 is 2.00 bits per heavy atom. The third kappa shape index (κ3) is 5.54. The second-order valence-electron chi connectivity index (χ2n) is 9.55. The highest BCUT2D eigenvalue weighted by Crippen LogP contribution is 2.40. The topological polar surface area (TPSA) is 20.2 Å². The molecular formula is C32H38FN3. The van der Waals surface area contributed by atoms with Gasteiger partial charge in [0.1, 0.15) is 5.83 Å². The lowest BCUT2D eigenvalue weighted by atomic mass is 9.90. The van der Waals surface area contributed by atoms with Crippen LogP contribution in [0.5, 0.6) is 0 Å². The van der Waals surface area contributed by atoms with Gasteiger partial charge in [-0.1, -0.05) is 82.2 Å². The van der Waals surface area contributed by atoms with Crippen molar-refractivity contribution in [3.8, 4) is 0 Å². The molecule has 3 nitrogen and oxygen atoms in total. The van der Waals surface area contributed by atoms with E-state index in [1.54, 1.807) is 11.2 Å². The molecule has 36 heavy (non-hydrogen) atoms. The average molecular weight is 484 g/mol. The predicted octanol–water partition coefficient (Wildman–Crippen LogP) is 8.41. The number of hydrazine groups is 1. The van der Waals surface area contributed by atoms with Crippen LogP contribution >= 0.6 is 0 Å². The number of halogens is 1. The molecule has 0 saturated heterocycles. The Morgan fingerprint density at radius 1 is 1.28 bits per heavy atom. The van der Waals surface area contributed by atoms with Gasteiger partial charge < -0.3 is 4.57 Å². The Bertz CT molecular complexity index is 1340. The quantitative estimate of drug-likeness (QED) is 0.270. The molecule has 0 atom stereocenters. The Labute approximate surface area is 215 Å². The van der Waals surface area contributed by atoms with Gasteiger partial charge in [-0.25, -0.2) is 4.39 Å². The van der Waals surface area contributed by atoms with E-state index >= 15 is 0 Å². The normalized spacial score (nSPS) is 14.3. The van der Waals surface area contributed by atoms with Crippen molar-refractivity contribution in [3.63, 3.8) is 0 Å². The van der Waals surface area contributed by atoms with Crippen molar-refractivity contribution in [2.45, 2.75) is 40.7 Å². The monoisotopic (exact) mass is 483 g/mol. The summed E-state index contributed by atoms with van der Waals surface area (Å²) in [5, 5.41) is 2.83. The maximum atomic E-state index is 14.9. The van der Waals surface area contributed by atoms with E-state index in [1.165, 1.54) is 0 Å². The van der Waals surface area contributed by atoms with Gasteiger partial charge in [0.2, 0.25) is 0 Å². The fourth-order valence-corrected chi connectivity index (χ4v) is 4.56. The summed E-state index contributed by atoms with van der Waals surface area (Å²) in [5.41, 5.74) is 11.7. The molecule has 0 spiro atoms. The molecule has 1 heterocycles. The summed E-state index contributed by atoms with van der Waals surface area (Å²) in [6.07, 6.45) is 12.7. The molecule has 1 N–H and O–H groups in total. The zero-order valence-corrected chi connectivity index (χ0v) is 22.3. The summed E-state index contributed by atoms with van der Waals surface area (Å²) in [6, 6.07) is 6.37. The molecule has 1 aliphatic rings. The molecule has 0 unspecified atom stereocenters. The van der Waals surface area contributed by atoms with Gasteiger partial charge in [-0.05, 0) is 55.0 Å². The molecule has 0 aliphatic heterocycles. The number of nitrogens with one attached hydrogen (secondary N) is 1. The third-order valence-electron chi connectivity index (χ3n) is 6.52. The summed E-state index contributed by atoms with van der Waals surface area (Å²) in [4.78, 5) is 0. The minimum Gasteiger partial charge on any atom is -0.334 e. The number of hydrogen-bond acceptors (Lipinski definition) is 2. The van der Waals surface area contributed by atoms with Crippen molar-refractivity contribution in [2.24, 2.45) is 5.92 Å². The number of benzene rings is 1. The highest BCUT2D eigenvalue weighted by Gasteiger charge is 2.25. The molecular weight excluding hydrogens is 445 g/mol. The molecule has 188 valence electrons. The minimum atomic E-state index is -0.442. The van der Waals surface area contributed by atoms with Gasteiger partial charge in [0.25, 0.3) is 0 Å². The van der Waals surface area contributed by atoms with E-state index in [-0.39, 0.29) is 5.92 Å². The SMILES string of the molecule is C=CN(C)NC(=C)c1c(C2=CC=CCC2=C)c2cc(C)ccc2n1C/C(=C/C(=CC)C(C)C)C(=C)F.